The number of aliphatic carboxylic acids is 1. The molecular weight excluding hydrogens is 266 g/mol. The molecule has 2 N–H and O–H groups in total. The number of hydrogen-bond donors (Lipinski definition) is 2. The van der Waals surface area contributed by atoms with Crippen molar-refractivity contribution in [3.05, 3.63) is 34.9 Å². The van der Waals surface area contributed by atoms with E-state index in [0.717, 1.165) is 24.8 Å². The van der Waals surface area contributed by atoms with E-state index in [1.54, 1.807) is 0 Å². The number of benzene rings is 1. The zero-order chi connectivity index (χ0) is 15.2. The van der Waals surface area contributed by atoms with Gasteiger partial charge in [-0.3, -0.25) is 4.79 Å². The van der Waals surface area contributed by atoms with Crippen LogP contribution in [0.4, 0.5) is 0 Å². The molecule has 0 fully saturated rings. The van der Waals surface area contributed by atoms with E-state index in [9.17, 15) is 9.59 Å². The molecule has 4 nitrogen and oxygen atoms in total. The summed E-state index contributed by atoms with van der Waals surface area (Å²) in [5.41, 5.74) is 3.70. The van der Waals surface area contributed by atoms with Crippen molar-refractivity contribution in [1.29, 1.82) is 0 Å². The minimum absolute atomic E-state index is 0.216. The Bertz CT molecular complexity index is 525. The minimum atomic E-state index is -0.962. The lowest BCUT2D eigenvalue weighted by atomic mass is 9.90. The van der Waals surface area contributed by atoms with E-state index in [1.165, 1.54) is 24.0 Å². The van der Waals surface area contributed by atoms with Crippen molar-refractivity contribution >= 4 is 11.9 Å². The first-order valence-corrected chi connectivity index (χ1v) is 7.73. The molecule has 1 aliphatic carbocycles. The van der Waals surface area contributed by atoms with Crippen LogP contribution in [0.3, 0.4) is 0 Å². The van der Waals surface area contributed by atoms with Crippen molar-refractivity contribution in [3.8, 4) is 0 Å². The topological polar surface area (TPSA) is 66.4 Å². The molecule has 0 radical (unpaired) electrons. The summed E-state index contributed by atoms with van der Waals surface area (Å²) in [4.78, 5) is 23.0. The van der Waals surface area contributed by atoms with Crippen molar-refractivity contribution in [2.75, 3.05) is 0 Å². The number of carbonyl (C=O) groups is 2. The molecule has 0 saturated carbocycles. The SMILES string of the molecule is CCC[C@@H](NC(=O)Cc1ccc2c(c1)CCCC2)C(=O)O. The summed E-state index contributed by atoms with van der Waals surface area (Å²) in [7, 11) is 0. The first kappa shape index (κ1) is 15.5. The standard InChI is InChI=1S/C17H23NO3/c1-2-5-15(17(20)21)18-16(19)11-12-8-9-13-6-3-4-7-14(13)10-12/h8-10,15H,2-7,11H2,1H3,(H,18,19)(H,20,21)/t15-/m1/s1. The summed E-state index contributed by atoms with van der Waals surface area (Å²) in [5, 5.41) is 11.7. The predicted molar refractivity (Wildman–Crippen MR) is 81.3 cm³/mol. The number of amides is 1. The highest BCUT2D eigenvalue weighted by molar-refractivity contribution is 5.84. The molecule has 0 unspecified atom stereocenters. The molecule has 4 heteroatoms. The lowest BCUT2D eigenvalue weighted by Gasteiger charge is -2.17. The molecule has 0 bridgehead atoms. The zero-order valence-electron chi connectivity index (χ0n) is 12.5. The maximum atomic E-state index is 12.0. The molecule has 1 aliphatic rings. The van der Waals surface area contributed by atoms with Gasteiger partial charge in [0.1, 0.15) is 6.04 Å². The molecule has 0 aliphatic heterocycles. The fourth-order valence-electron chi connectivity index (χ4n) is 2.87. The van der Waals surface area contributed by atoms with Crippen molar-refractivity contribution < 1.29 is 14.7 Å². The van der Waals surface area contributed by atoms with Crippen molar-refractivity contribution in [3.63, 3.8) is 0 Å². The fourth-order valence-corrected chi connectivity index (χ4v) is 2.87. The Hall–Kier alpha value is -1.84. The van der Waals surface area contributed by atoms with Gasteiger partial charge < -0.3 is 10.4 Å². The van der Waals surface area contributed by atoms with Crippen LogP contribution in [0.15, 0.2) is 18.2 Å². The van der Waals surface area contributed by atoms with Gasteiger partial charge in [-0.15, -0.1) is 0 Å². The van der Waals surface area contributed by atoms with E-state index < -0.39 is 12.0 Å². The Morgan fingerprint density at radius 3 is 2.62 bits per heavy atom. The van der Waals surface area contributed by atoms with E-state index in [4.69, 9.17) is 5.11 Å². The molecule has 0 aromatic heterocycles. The Labute approximate surface area is 125 Å². The van der Waals surface area contributed by atoms with E-state index in [1.807, 2.05) is 13.0 Å². The first-order chi connectivity index (χ1) is 10.1. The third-order valence-electron chi connectivity index (χ3n) is 3.99. The van der Waals surface area contributed by atoms with Crippen LogP contribution >= 0.6 is 0 Å². The van der Waals surface area contributed by atoms with Crippen LogP contribution in [0, 0.1) is 0 Å². The number of rotatable bonds is 6. The Morgan fingerprint density at radius 2 is 1.95 bits per heavy atom. The molecule has 0 saturated heterocycles. The summed E-state index contributed by atoms with van der Waals surface area (Å²) in [6.07, 6.45) is 6.10. The van der Waals surface area contributed by atoms with Crippen LogP contribution < -0.4 is 5.32 Å². The second kappa shape index (κ2) is 7.25. The molecule has 0 heterocycles. The van der Waals surface area contributed by atoms with Gasteiger partial charge in [-0.05, 0) is 48.8 Å². The van der Waals surface area contributed by atoms with Crippen LogP contribution in [0.1, 0.15) is 49.3 Å². The number of aryl methyl sites for hydroxylation is 2. The Morgan fingerprint density at radius 1 is 1.24 bits per heavy atom. The van der Waals surface area contributed by atoms with Gasteiger partial charge >= 0.3 is 5.97 Å². The summed E-state index contributed by atoms with van der Waals surface area (Å²) in [6.45, 7) is 1.91. The van der Waals surface area contributed by atoms with Crippen molar-refractivity contribution in [1.82, 2.24) is 5.32 Å². The molecule has 1 amide bonds. The quantitative estimate of drug-likeness (QED) is 0.845. The van der Waals surface area contributed by atoms with E-state index in [0.29, 0.717) is 6.42 Å². The number of fused-ring (bicyclic) bond motifs is 1. The van der Waals surface area contributed by atoms with Gasteiger partial charge in [0.25, 0.3) is 0 Å². The number of nitrogens with one attached hydrogen (secondary N) is 1. The molecule has 1 aromatic carbocycles. The van der Waals surface area contributed by atoms with Gasteiger partial charge in [-0.1, -0.05) is 31.5 Å². The second-order valence-electron chi connectivity index (χ2n) is 5.73. The van der Waals surface area contributed by atoms with Crippen LogP contribution in [0.25, 0.3) is 0 Å². The third-order valence-corrected chi connectivity index (χ3v) is 3.99. The van der Waals surface area contributed by atoms with E-state index in [2.05, 4.69) is 17.4 Å². The highest BCUT2D eigenvalue weighted by atomic mass is 16.4. The summed E-state index contributed by atoms with van der Waals surface area (Å²) >= 11 is 0. The molecule has 21 heavy (non-hydrogen) atoms. The molecule has 114 valence electrons. The van der Waals surface area contributed by atoms with Gasteiger partial charge in [-0.2, -0.15) is 0 Å². The van der Waals surface area contributed by atoms with Gasteiger partial charge in [0, 0.05) is 0 Å². The number of carboxylic acid groups (broad SMARTS) is 1. The average Bonchev–Trinajstić information content (AvgIpc) is 2.46. The number of carbonyl (C=O) groups excluding carboxylic acids is 1. The summed E-state index contributed by atoms with van der Waals surface area (Å²) in [6, 6.07) is 5.42. The molecule has 1 atom stereocenters. The lowest BCUT2D eigenvalue weighted by Crippen LogP contribution is -2.41. The molecular formula is C17H23NO3. The summed E-state index contributed by atoms with van der Waals surface area (Å²) in [5.74, 6) is -1.18. The highest BCUT2D eigenvalue weighted by Crippen LogP contribution is 2.22. The van der Waals surface area contributed by atoms with E-state index in [-0.39, 0.29) is 12.3 Å². The van der Waals surface area contributed by atoms with Crippen molar-refractivity contribution in [2.45, 2.75) is 57.9 Å². The maximum Gasteiger partial charge on any atom is 0.326 e. The van der Waals surface area contributed by atoms with Crippen LogP contribution in [-0.4, -0.2) is 23.0 Å². The van der Waals surface area contributed by atoms with Crippen LogP contribution in [0.2, 0.25) is 0 Å². The fraction of sp³-hybridized carbons (Fsp3) is 0.529. The summed E-state index contributed by atoms with van der Waals surface area (Å²) < 4.78 is 0. The Balaban J connectivity index is 1.97. The number of carboxylic acids is 1. The molecule has 1 aromatic rings. The largest absolute Gasteiger partial charge is 0.480 e. The first-order valence-electron chi connectivity index (χ1n) is 7.73. The normalized spacial score (nSPS) is 15.1. The lowest BCUT2D eigenvalue weighted by molar-refractivity contribution is -0.141. The van der Waals surface area contributed by atoms with Gasteiger partial charge in [-0.25, -0.2) is 4.79 Å². The minimum Gasteiger partial charge on any atom is -0.480 e. The highest BCUT2D eigenvalue weighted by Gasteiger charge is 2.19. The van der Waals surface area contributed by atoms with Gasteiger partial charge in [0.15, 0.2) is 0 Å². The Kier molecular flexibility index (Phi) is 5.37. The zero-order valence-corrected chi connectivity index (χ0v) is 12.5. The molecule has 0 spiro atoms. The van der Waals surface area contributed by atoms with Crippen LogP contribution in [0.5, 0.6) is 0 Å². The smallest absolute Gasteiger partial charge is 0.326 e. The maximum absolute atomic E-state index is 12.0. The van der Waals surface area contributed by atoms with Gasteiger partial charge in [0.05, 0.1) is 6.42 Å². The van der Waals surface area contributed by atoms with Gasteiger partial charge in [0.2, 0.25) is 5.91 Å². The number of hydrogen-bond acceptors (Lipinski definition) is 2. The predicted octanol–water partition coefficient (Wildman–Crippen LogP) is 2.48. The second-order valence-corrected chi connectivity index (χ2v) is 5.73. The van der Waals surface area contributed by atoms with Crippen molar-refractivity contribution in [2.24, 2.45) is 0 Å². The monoisotopic (exact) mass is 289 g/mol. The van der Waals surface area contributed by atoms with Crippen LogP contribution in [-0.2, 0) is 28.9 Å². The molecule has 2 rings (SSSR count). The van der Waals surface area contributed by atoms with E-state index >= 15 is 0 Å². The third kappa shape index (κ3) is 4.31. The average molecular weight is 289 g/mol.